The third-order valence-corrected chi connectivity index (χ3v) is 7.15. The first kappa shape index (κ1) is 18.1. The van der Waals surface area contributed by atoms with Crippen molar-refractivity contribution in [3.05, 3.63) is 23.5 Å². The highest BCUT2D eigenvalue weighted by atomic mass is 19.1. The van der Waals surface area contributed by atoms with Crippen LogP contribution in [-0.2, 0) is 6.54 Å². The highest BCUT2D eigenvalue weighted by molar-refractivity contribution is 5.43. The summed E-state index contributed by atoms with van der Waals surface area (Å²) in [6.07, 6.45) is 6.49. The van der Waals surface area contributed by atoms with E-state index in [-0.39, 0.29) is 17.3 Å². The Morgan fingerprint density at radius 2 is 1.77 bits per heavy atom. The van der Waals surface area contributed by atoms with Crippen LogP contribution >= 0.6 is 0 Å². The molecule has 0 radical (unpaired) electrons. The van der Waals surface area contributed by atoms with Gasteiger partial charge in [0.05, 0.1) is 19.8 Å². The van der Waals surface area contributed by atoms with Crippen molar-refractivity contribution in [3.8, 4) is 11.5 Å². The second kappa shape index (κ2) is 6.38. The van der Waals surface area contributed by atoms with Crippen LogP contribution in [0.5, 0.6) is 11.5 Å². The maximum absolute atomic E-state index is 14.4. The highest BCUT2D eigenvalue weighted by Crippen LogP contribution is 2.62. The van der Waals surface area contributed by atoms with Crippen LogP contribution in [0.15, 0.2) is 12.1 Å². The maximum Gasteiger partial charge on any atom is 0.163 e. The van der Waals surface area contributed by atoms with E-state index in [1.165, 1.54) is 32.4 Å². The SMILES string of the molecule is COc1cc(F)c(CNC(C)C23CC4CC(CC(O)(C4)C2)C3)cc1OC. The smallest absolute Gasteiger partial charge is 0.163 e. The van der Waals surface area contributed by atoms with Gasteiger partial charge < -0.3 is 19.9 Å². The lowest BCUT2D eigenvalue weighted by Crippen LogP contribution is -2.61. The molecule has 0 saturated heterocycles. The molecule has 4 nitrogen and oxygen atoms in total. The second-order valence-corrected chi connectivity index (χ2v) is 8.95. The van der Waals surface area contributed by atoms with Crippen LogP contribution in [0.2, 0.25) is 0 Å². The number of methoxy groups -OCH3 is 2. The zero-order valence-electron chi connectivity index (χ0n) is 16.0. The second-order valence-electron chi connectivity index (χ2n) is 8.95. The summed E-state index contributed by atoms with van der Waals surface area (Å²) < 4.78 is 24.9. The van der Waals surface area contributed by atoms with Crippen molar-refractivity contribution in [2.75, 3.05) is 14.2 Å². The monoisotopic (exact) mass is 363 g/mol. The first-order valence-corrected chi connectivity index (χ1v) is 9.72. The first-order chi connectivity index (χ1) is 12.4. The van der Waals surface area contributed by atoms with Gasteiger partial charge in [-0.15, -0.1) is 0 Å². The van der Waals surface area contributed by atoms with Gasteiger partial charge in [0, 0.05) is 24.2 Å². The van der Waals surface area contributed by atoms with Crippen LogP contribution < -0.4 is 14.8 Å². The van der Waals surface area contributed by atoms with Crippen LogP contribution in [0.3, 0.4) is 0 Å². The summed E-state index contributed by atoms with van der Waals surface area (Å²) in [6, 6.07) is 3.34. The molecule has 0 aromatic heterocycles. The van der Waals surface area contributed by atoms with Gasteiger partial charge in [-0.3, -0.25) is 0 Å². The number of ether oxygens (including phenoxy) is 2. The molecule has 26 heavy (non-hydrogen) atoms. The van der Waals surface area contributed by atoms with Crippen LogP contribution in [0.25, 0.3) is 0 Å². The number of hydrogen-bond acceptors (Lipinski definition) is 4. The van der Waals surface area contributed by atoms with Crippen molar-refractivity contribution in [1.29, 1.82) is 0 Å². The fraction of sp³-hybridized carbons (Fsp3) is 0.714. The number of hydrogen-bond donors (Lipinski definition) is 2. The Morgan fingerprint density at radius 3 is 2.35 bits per heavy atom. The van der Waals surface area contributed by atoms with Crippen LogP contribution in [-0.4, -0.2) is 31.0 Å². The minimum absolute atomic E-state index is 0.145. The number of rotatable bonds is 6. The van der Waals surface area contributed by atoms with Gasteiger partial charge in [-0.2, -0.15) is 0 Å². The molecule has 4 aliphatic rings. The van der Waals surface area contributed by atoms with Crippen LogP contribution in [0.4, 0.5) is 4.39 Å². The summed E-state index contributed by atoms with van der Waals surface area (Å²) in [7, 11) is 3.07. The Hall–Kier alpha value is -1.33. The van der Waals surface area contributed by atoms with Gasteiger partial charge in [-0.05, 0) is 68.8 Å². The lowest BCUT2D eigenvalue weighted by atomic mass is 9.46. The van der Waals surface area contributed by atoms with Gasteiger partial charge in [0.1, 0.15) is 5.82 Å². The molecule has 1 aromatic rings. The maximum atomic E-state index is 14.4. The normalized spacial score (nSPS) is 36.2. The predicted molar refractivity (Wildman–Crippen MR) is 97.9 cm³/mol. The van der Waals surface area contributed by atoms with Crippen LogP contribution in [0.1, 0.15) is 51.0 Å². The molecule has 3 atom stereocenters. The third kappa shape index (κ3) is 2.99. The van der Waals surface area contributed by atoms with E-state index in [2.05, 4.69) is 12.2 Å². The van der Waals surface area contributed by atoms with Crippen LogP contribution in [0, 0.1) is 23.1 Å². The molecule has 4 bridgehead atoms. The molecular formula is C21H30FNO3. The summed E-state index contributed by atoms with van der Waals surface area (Å²) in [5, 5.41) is 14.5. The summed E-state index contributed by atoms with van der Waals surface area (Å²) in [5.41, 5.74) is 0.262. The summed E-state index contributed by atoms with van der Waals surface area (Å²) >= 11 is 0. The molecule has 3 unspecified atom stereocenters. The van der Waals surface area contributed by atoms with Crippen molar-refractivity contribution >= 4 is 0 Å². The molecule has 4 fully saturated rings. The lowest BCUT2D eigenvalue weighted by molar-refractivity contribution is -0.172. The van der Waals surface area contributed by atoms with Gasteiger partial charge in [-0.25, -0.2) is 4.39 Å². The molecule has 0 spiro atoms. The summed E-state index contributed by atoms with van der Waals surface area (Å²) in [4.78, 5) is 0. The van der Waals surface area contributed by atoms with Gasteiger partial charge in [-0.1, -0.05) is 0 Å². The fourth-order valence-electron chi connectivity index (χ4n) is 6.30. The topological polar surface area (TPSA) is 50.7 Å². The molecular weight excluding hydrogens is 333 g/mol. The van der Waals surface area contributed by atoms with Crippen molar-refractivity contribution in [1.82, 2.24) is 5.32 Å². The molecule has 4 aliphatic carbocycles. The van der Waals surface area contributed by atoms with Crippen molar-refractivity contribution in [2.45, 2.75) is 63.6 Å². The molecule has 5 rings (SSSR count). The molecule has 5 heteroatoms. The number of halogens is 1. The van der Waals surface area contributed by atoms with Gasteiger partial charge in [0.25, 0.3) is 0 Å². The van der Waals surface area contributed by atoms with Crippen molar-refractivity contribution in [2.24, 2.45) is 17.3 Å². The first-order valence-electron chi connectivity index (χ1n) is 9.72. The molecule has 0 aliphatic heterocycles. The zero-order valence-corrected chi connectivity index (χ0v) is 16.0. The minimum Gasteiger partial charge on any atom is -0.493 e. The quantitative estimate of drug-likeness (QED) is 0.810. The molecule has 0 heterocycles. The Labute approximate surface area is 155 Å². The largest absolute Gasteiger partial charge is 0.493 e. The Bertz CT molecular complexity index is 678. The standard InChI is InChI=1S/C21H30FNO3/c1-13(20-7-14-4-15(8-20)10-21(24,9-14)12-20)23-11-16-5-18(25-2)19(26-3)6-17(16)22/h5-6,13-15,23-24H,4,7-12H2,1-3H3. The van der Waals surface area contributed by atoms with E-state index in [0.717, 1.165) is 19.3 Å². The molecule has 4 saturated carbocycles. The minimum atomic E-state index is -0.464. The van der Waals surface area contributed by atoms with E-state index in [4.69, 9.17) is 9.47 Å². The average molecular weight is 363 g/mol. The van der Waals surface area contributed by atoms with Gasteiger partial charge >= 0.3 is 0 Å². The molecule has 2 N–H and O–H groups in total. The molecule has 0 amide bonds. The van der Waals surface area contributed by atoms with E-state index in [9.17, 15) is 9.50 Å². The summed E-state index contributed by atoms with van der Waals surface area (Å²) in [6.45, 7) is 2.65. The van der Waals surface area contributed by atoms with E-state index < -0.39 is 5.60 Å². The van der Waals surface area contributed by atoms with Gasteiger partial charge in [0.2, 0.25) is 0 Å². The Balaban J connectivity index is 1.49. The van der Waals surface area contributed by atoms with E-state index >= 15 is 0 Å². The van der Waals surface area contributed by atoms with E-state index in [1.54, 1.807) is 13.2 Å². The Morgan fingerprint density at radius 1 is 1.15 bits per heavy atom. The lowest BCUT2D eigenvalue weighted by Gasteiger charge is -2.62. The fourth-order valence-corrected chi connectivity index (χ4v) is 6.30. The van der Waals surface area contributed by atoms with E-state index in [1.807, 2.05) is 0 Å². The summed E-state index contributed by atoms with van der Waals surface area (Å²) in [5.74, 6) is 1.98. The van der Waals surface area contributed by atoms with Crippen molar-refractivity contribution in [3.63, 3.8) is 0 Å². The molecule has 144 valence electrons. The number of nitrogens with one attached hydrogen (secondary N) is 1. The highest BCUT2D eigenvalue weighted by Gasteiger charge is 2.58. The predicted octanol–water partition coefficient (Wildman–Crippen LogP) is 3.65. The number of aliphatic hydroxyl groups is 1. The Kier molecular flexibility index (Phi) is 4.43. The molecule has 1 aromatic carbocycles. The van der Waals surface area contributed by atoms with Gasteiger partial charge in [0.15, 0.2) is 11.5 Å². The average Bonchev–Trinajstić information content (AvgIpc) is 2.57. The number of benzene rings is 1. The zero-order chi connectivity index (χ0) is 18.5. The van der Waals surface area contributed by atoms with E-state index in [0.29, 0.717) is 35.4 Å². The third-order valence-electron chi connectivity index (χ3n) is 7.15. The van der Waals surface area contributed by atoms with Crippen molar-refractivity contribution < 1.29 is 19.0 Å².